The minimum absolute atomic E-state index is 0.221. The van der Waals surface area contributed by atoms with E-state index in [4.69, 9.17) is 30.9 Å². The van der Waals surface area contributed by atoms with E-state index in [2.05, 4.69) is 0 Å². The van der Waals surface area contributed by atoms with Gasteiger partial charge >= 0.3 is 5.97 Å². The van der Waals surface area contributed by atoms with E-state index in [1.54, 1.807) is 0 Å². The summed E-state index contributed by atoms with van der Waals surface area (Å²) in [4.78, 5) is 22.2. The van der Waals surface area contributed by atoms with E-state index >= 15 is 0 Å². The largest absolute Gasteiger partial charge is 0.490 e. The SMILES string of the molecule is O=C(O)COCC(=O)c1cc2c(cc1Cl)OCCCO2. The van der Waals surface area contributed by atoms with Crippen LogP contribution >= 0.6 is 11.6 Å². The van der Waals surface area contributed by atoms with E-state index in [9.17, 15) is 9.59 Å². The van der Waals surface area contributed by atoms with Crippen LogP contribution in [0, 0.1) is 0 Å². The highest BCUT2D eigenvalue weighted by molar-refractivity contribution is 6.34. The van der Waals surface area contributed by atoms with Crippen LogP contribution in [-0.2, 0) is 9.53 Å². The van der Waals surface area contributed by atoms with Gasteiger partial charge in [0.2, 0.25) is 0 Å². The first-order chi connectivity index (χ1) is 9.58. The Labute approximate surface area is 120 Å². The van der Waals surface area contributed by atoms with Crippen LogP contribution in [0.3, 0.4) is 0 Å². The Hall–Kier alpha value is -1.79. The molecule has 7 heteroatoms. The number of ether oxygens (including phenoxy) is 3. The van der Waals surface area contributed by atoms with Crippen molar-refractivity contribution < 1.29 is 28.9 Å². The topological polar surface area (TPSA) is 82.1 Å². The predicted octanol–water partition coefficient (Wildman–Crippen LogP) is 1.79. The first-order valence-corrected chi connectivity index (χ1v) is 6.37. The molecule has 1 N–H and O–H groups in total. The van der Waals surface area contributed by atoms with Gasteiger partial charge in [0, 0.05) is 18.1 Å². The molecule has 1 aromatic carbocycles. The van der Waals surface area contributed by atoms with Crippen LogP contribution in [0.1, 0.15) is 16.8 Å². The number of carbonyl (C=O) groups is 2. The maximum Gasteiger partial charge on any atom is 0.329 e. The molecule has 1 aromatic rings. The zero-order valence-electron chi connectivity index (χ0n) is 10.6. The lowest BCUT2D eigenvalue weighted by molar-refractivity contribution is -0.141. The van der Waals surface area contributed by atoms with Gasteiger partial charge in [-0.1, -0.05) is 11.6 Å². The Balaban J connectivity index is 2.13. The van der Waals surface area contributed by atoms with Gasteiger partial charge in [0.05, 0.1) is 18.2 Å². The predicted molar refractivity (Wildman–Crippen MR) is 69.8 cm³/mol. The first kappa shape index (κ1) is 14.6. The average Bonchev–Trinajstić information content (AvgIpc) is 2.61. The van der Waals surface area contributed by atoms with Crippen molar-refractivity contribution in [2.75, 3.05) is 26.4 Å². The molecule has 0 aliphatic carbocycles. The number of carboxylic acids is 1. The lowest BCUT2D eigenvalue weighted by Gasteiger charge is -2.10. The summed E-state index contributed by atoms with van der Waals surface area (Å²) in [6, 6.07) is 3.02. The molecule has 0 saturated carbocycles. The van der Waals surface area contributed by atoms with Crippen molar-refractivity contribution >= 4 is 23.4 Å². The lowest BCUT2D eigenvalue weighted by Crippen LogP contribution is -2.15. The molecular weight excluding hydrogens is 288 g/mol. The van der Waals surface area contributed by atoms with E-state index in [1.807, 2.05) is 0 Å². The Kier molecular flexibility index (Phi) is 4.81. The minimum Gasteiger partial charge on any atom is -0.490 e. The molecule has 0 amide bonds. The van der Waals surface area contributed by atoms with Crippen LogP contribution < -0.4 is 9.47 Å². The number of carbonyl (C=O) groups excluding carboxylic acids is 1. The number of Topliss-reactive ketones (excluding diaryl/α,β-unsaturated/α-hetero) is 1. The van der Waals surface area contributed by atoms with E-state index < -0.39 is 18.4 Å². The molecule has 0 bridgehead atoms. The Morgan fingerprint density at radius 2 is 1.85 bits per heavy atom. The first-order valence-electron chi connectivity index (χ1n) is 6.00. The fourth-order valence-corrected chi connectivity index (χ4v) is 1.97. The standard InChI is InChI=1S/C13H13ClO6/c14-9-5-12-11(19-2-1-3-20-12)4-8(9)10(15)6-18-7-13(16)17/h4-5H,1-3,6-7H2,(H,16,17). The molecule has 2 rings (SSSR count). The normalized spacial score (nSPS) is 13.7. The van der Waals surface area contributed by atoms with Gasteiger partial charge in [-0.3, -0.25) is 4.79 Å². The van der Waals surface area contributed by atoms with Crippen LogP contribution in [0.2, 0.25) is 5.02 Å². The summed E-state index contributed by atoms with van der Waals surface area (Å²) in [6.07, 6.45) is 0.747. The van der Waals surface area contributed by atoms with Gasteiger partial charge in [0.25, 0.3) is 0 Å². The number of carboxylic acid groups (broad SMARTS) is 1. The van der Waals surface area contributed by atoms with Crippen molar-refractivity contribution in [2.24, 2.45) is 0 Å². The Morgan fingerprint density at radius 1 is 1.20 bits per heavy atom. The van der Waals surface area contributed by atoms with Gasteiger partial charge in [0.1, 0.15) is 13.2 Å². The van der Waals surface area contributed by atoms with Crippen LogP contribution in [-0.4, -0.2) is 43.3 Å². The summed E-state index contributed by atoms with van der Waals surface area (Å²) in [5, 5.41) is 8.66. The maximum atomic E-state index is 11.9. The van der Waals surface area contributed by atoms with Crippen molar-refractivity contribution in [3.05, 3.63) is 22.7 Å². The quantitative estimate of drug-likeness (QED) is 0.835. The molecule has 0 atom stereocenters. The average molecular weight is 301 g/mol. The van der Waals surface area contributed by atoms with Crippen molar-refractivity contribution in [2.45, 2.75) is 6.42 Å². The van der Waals surface area contributed by atoms with Crippen molar-refractivity contribution in [3.63, 3.8) is 0 Å². The monoisotopic (exact) mass is 300 g/mol. The van der Waals surface area contributed by atoms with Crippen molar-refractivity contribution in [3.8, 4) is 11.5 Å². The lowest BCUT2D eigenvalue weighted by atomic mass is 10.1. The number of rotatable bonds is 5. The number of benzene rings is 1. The number of aliphatic carboxylic acids is 1. The summed E-state index contributed by atoms with van der Waals surface area (Å²) in [6.45, 7) is 0.135. The fourth-order valence-electron chi connectivity index (χ4n) is 1.71. The number of hydrogen-bond acceptors (Lipinski definition) is 5. The second kappa shape index (κ2) is 6.58. The van der Waals surface area contributed by atoms with Crippen molar-refractivity contribution in [1.29, 1.82) is 0 Å². The zero-order chi connectivity index (χ0) is 14.5. The molecule has 0 saturated heterocycles. The Bertz CT molecular complexity index is 528. The molecule has 0 spiro atoms. The third-order valence-electron chi connectivity index (χ3n) is 2.60. The van der Waals surface area contributed by atoms with Gasteiger partial charge < -0.3 is 19.3 Å². The van der Waals surface area contributed by atoms with Gasteiger partial charge in [-0.15, -0.1) is 0 Å². The fraction of sp³-hybridized carbons (Fsp3) is 0.385. The highest BCUT2D eigenvalue weighted by atomic mass is 35.5. The third kappa shape index (κ3) is 3.61. The molecule has 0 radical (unpaired) electrons. The molecule has 1 heterocycles. The highest BCUT2D eigenvalue weighted by Gasteiger charge is 2.18. The number of hydrogen-bond donors (Lipinski definition) is 1. The van der Waals surface area contributed by atoms with E-state index in [0.29, 0.717) is 24.7 Å². The molecule has 6 nitrogen and oxygen atoms in total. The second-order valence-corrected chi connectivity index (χ2v) is 4.55. The van der Waals surface area contributed by atoms with Crippen LogP contribution in [0.15, 0.2) is 12.1 Å². The number of halogens is 1. The van der Waals surface area contributed by atoms with E-state index in [-0.39, 0.29) is 17.2 Å². The zero-order valence-corrected chi connectivity index (χ0v) is 11.3. The summed E-state index contributed by atoms with van der Waals surface area (Å²) in [7, 11) is 0. The summed E-state index contributed by atoms with van der Waals surface area (Å²) in [5.41, 5.74) is 0.223. The summed E-state index contributed by atoms with van der Waals surface area (Å²) in [5.74, 6) is -0.599. The smallest absolute Gasteiger partial charge is 0.329 e. The molecular formula is C13H13ClO6. The third-order valence-corrected chi connectivity index (χ3v) is 2.91. The van der Waals surface area contributed by atoms with Gasteiger partial charge in [0.15, 0.2) is 17.3 Å². The molecule has 1 aliphatic heterocycles. The van der Waals surface area contributed by atoms with Gasteiger partial charge in [-0.2, -0.15) is 0 Å². The maximum absolute atomic E-state index is 11.9. The molecule has 108 valence electrons. The number of fused-ring (bicyclic) bond motifs is 1. The molecule has 0 unspecified atom stereocenters. The number of ketones is 1. The van der Waals surface area contributed by atoms with Gasteiger partial charge in [-0.05, 0) is 6.07 Å². The second-order valence-electron chi connectivity index (χ2n) is 4.14. The van der Waals surface area contributed by atoms with E-state index in [1.165, 1.54) is 12.1 Å². The highest BCUT2D eigenvalue weighted by Crippen LogP contribution is 2.35. The van der Waals surface area contributed by atoms with Crippen LogP contribution in [0.4, 0.5) is 0 Å². The summed E-state index contributed by atoms with van der Waals surface area (Å²) >= 11 is 6.02. The summed E-state index contributed by atoms with van der Waals surface area (Å²) < 4.78 is 15.7. The van der Waals surface area contributed by atoms with Crippen LogP contribution in [0.5, 0.6) is 11.5 Å². The van der Waals surface area contributed by atoms with Gasteiger partial charge in [-0.25, -0.2) is 4.79 Å². The minimum atomic E-state index is -1.14. The molecule has 1 aliphatic rings. The van der Waals surface area contributed by atoms with Crippen LogP contribution in [0.25, 0.3) is 0 Å². The molecule has 0 aromatic heterocycles. The van der Waals surface area contributed by atoms with E-state index in [0.717, 1.165) is 6.42 Å². The molecule has 20 heavy (non-hydrogen) atoms. The molecule has 0 fully saturated rings. The van der Waals surface area contributed by atoms with Crippen molar-refractivity contribution in [1.82, 2.24) is 0 Å². The Morgan fingerprint density at radius 3 is 2.50 bits per heavy atom.